The van der Waals surface area contributed by atoms with Crippen LogP contribution in [0, 0.1) is 0 Å². The molecule has 2 rings (SSSR count). The molecule has 2 aromatic carbocycles. The van der Waals surface area contributed by atoms with Crippen molar-refractivity contribution in [3.05, 3.63) is 65.2 Å². The molecule has 0 aromatic heterocycles. The van der Waals surface area contributed by atoms with Crippen molar-refractivity contribution in [1.82, 2.24) is 10.6 Å². The number of imide groups is 1. The molecule has 0 fully saturated rings. The Morgan fingerprint density at radius 1 is 0.967 bits per heavy atom. The zero-order valence-electron chi connectivity index (χ0n) is 17.9. The number of rotatable bonds is 6. The van der Waals surface area contributed by atoms with Crippen molar-refractivity contribution in [3.8, 4) is 5.75 Å². The Labute approximate surface area is 176 Å². The number of benzene rings is 2. The molecule has 2 N–H and O–H groups in total. The molecule has 30 heavy (non-hydrogen) atoms. The predicted molar refractivity (Wildman–Crippen MR) is 113 cm³/mol. The van der Waals surface area contributed by atoms with Crippen molar-refractivity contribution < 1.29 is 23.9 Å². The molecule has 2 aromatic rings. The number of esters is 1. The van der Waals surface area contributed by atoms with Crippen molar-refractivity contribution in [2.45, 2.75) is 45.8 Å². The highest BCUT2D eigenvalue weighted by atomic mass is 16.5. The molecule has 0 aliphatic heterocycles. The fourth-order valence-corrected chi connectivity index (χ4v) is 2.51. The van der Waals surface area contributed by atoms with Crippen molar-refractivity contribution in [2.24, 2.45) is 0 Å². The van der Waals surface area contributed by atoms with Crippen molar-refractivity contribution in [1.29, 1.82) is 0 Å². The second-order valence-electron chi connectivity index (χ2n) is 7.88. The second kappa shape index (κ2) is 9.91. The van der Waals surface area contributed by atoms with Gasteiger partial charge in [-0.1, -0.05) is 45.0 Å². The largest absolute Gasteiger partial charge is 0.489 e. The molecule has 0 aliphatic carbocycles. The van der Waals surface area contributed by atoms with E-state index < -0.39 is 24.0 Å². The molecule has 0 spiro atoms. The number of nitrogens with one attached hydrogen (secondary N) is 2. The molecule has 0 aliphatic rings. The van der Waals surface area contributed by atoms with Crippen LogP contribution in [0.15, 0.2) is 48.5 Å². The molecule has 0 heterocycles. The number of hydrogen-bond acceptors (Lipinski definition) is 5. The van der Waals surface area contributed by atoms with Gasteiger partial charge in [0.2, 0.25) is 0 Å². The fraction of sp³-hybridized carbons (Fsp3) is 0.348. The van der Waals surface area contributed by atoms with Crippen LogP contribution in [-0.4, -0.2) is 31.1 Å². The summed E-state index contributed by atoms with van der Waals surface area (Å²) >= 11 is 0. The number of carbonyl (C=O) groups is 3. The van der Waals surface area contributed by atoms with Crippen LogP contribution in [-0.2, 0) is 21.6 Å². The van der Waals surface area contributed by atoms with E-state index in [1.807, 2.05) is 12.1 Å². The first kappa shape index (κ1) is 22.9. The molecule has 160 valence electrons. The van der Waals surface area contributed by atoms with Crippen LogP contribution in [0.4, 0.5) is 4.79 Å². The second-order valence-corrected chi connectivity index (χ2v) is 7.88. The highest BCUT2D eigenvalue weighted by molar-refractivity contribution is 5.98. The topological polar surface area (TPSA) is 93.7 Å². The predicted octanol–water partition coefficient (Wildman–Crippen LogP) is 3.56. The number of carbonyl (C=O) groups excluding carboxylic acids is 3. The molecule has 7 nitrogen and oxygen atoms in total. The summed E-state index contributed by atoms with van der Waals surface area (Å²) in [6, 6.07) is 14.0. The maximum atomic E-state index is 12.2. The number of ether oxygens (including phenoxy) is 2. The monoisotopic (exact) mass is 412 g/mol. The van der Waals surface area contributed by atoms with Gasteiger partial charge in [-0.3, -0.25) is 10.1 Å². The van der Waals surface area contributed by atoms with E-state index in [0.29, 0.717) is 12.2 Å². The van der Waals surface area contributed by atoms with Gasteiger partial charge in [0.1, 0.15) is 12.4 Å². The van der Waals surface area contributed by atoms with Crippen LogP contribution in [0.25, 0.3) is 0 Å². The van der Waals surface area contributed by atoms with Crippen LogP contribution >= 0.6 is 0 Å². The first-order chi connectivity index (χ1) is 14.1. The van der Waals surface area contributed by atoms with E-state index in [2.05, 4.69) is 43.5 Å². The summed E-state index contributed by atoms with van der Waals surface area (Å²) in [5.41, 5.74) is 2.50. The molecule has 3 amide bonds. The van der Waals surface area contributed by atoms with E-state index >= 15 is 0 Å². The summed E-state index contributed by atoms with van der Waals surface area (Å²) in [4.78, 5) is 35.1. The van der Waals surface area contributed by atoms with Gasteiger partial charge in [-0.05, 0) is 47.7 Å². The van der Waals surface area contributed by atoms with Crippen molar-refractivity contribution in [2.75, 3.05) is 7.05 Å². The van der Waals surface area contributed by atoms with E-state index in [1.165, 1.54) is 19.5 Å². The van der Waals surface area contributed by atoms with Gasteiger partial charge >= 0.3 is 12.0 Å². The third-order valence-corrected chi connectivity index (χ3v) is 4.43. The summed E-state index contributed by atoms with van der Waals surface area (Å²) in [7, 11) is 1.38. The lowest BCUT2D eigenvalue weighted by Gasteiger charge is -2.19. The van der Waals surface area contributed by atoms with Crippen LogP contribution < -0.4 is 15.4 Å². The summed E-state index contributed by atoms with van der Waals surface area (Å²) in [5, 5.41) is 4.31. The van der Waals surface area contributed by atoms with Gasteiger partial charge in [-0.2, -0.15) is 0 Å². The standard InChI is InChI=1S/C23H28N2O5/c1-15(20(26)25-22(28)24-5)30-21(27)17-8-6-16(7-9-17)14-29-19-12-10-18(11-13-19)23(2,3)4/h6-13,15H,14H2,1-5H3,(H2,24,25,26,28)/t15-/m1/s1. The van der Waals surface area contributed by atoms with Gasteiger partial charge in [-0.25, -0.2) is 9.59 Å². The molecule has 0 radical (unpaired) electrons. The fourth-order valence-electron chi connectivity index (χ4n) is 2.51. The van der Waals surface area contributed by atoms with E-state index in [9.17, 15) is 14.4 Å². The van der Waals surface area contributed by atoms with Crippen molar-refractivity contribution >= 4 is 17.9 Å². The van der Waals surface area contributed by atoms with E-state index in [0.717, 1.165) is 11.3 Å². The summed E-state index contributed by atoms with van der Waals surface area (Å²) < 4.78 is 10.9. The van der Waals surface area contributed by atoms with E-state index in [-0.39, 0.29) is 5.41 Å². The zero-order valence-corrected chi connectivity index (χ0v) is 17.9. The molecular weight excluding hydrogens is 384 g/mol. The number of hydrogen-bond donors (Lipinski definition) is 2. The Hall–Kier alpha value is -3.35. The Balaban J connectivity index is 1.89. The third kappa shape index (κ3) is 6.62. The average Bonchev–Trinajstić information content (AvgIpc) is 2.72. The van der Waals surface area contributed by atoms with Crippen LogP contribution in [0.2, 0.25) is 0 Å². The minimum atomic E-state index is -1.10. The Morgan fingerprint density at radius 3 is 2.10 bits per heavy atom. The molecule has 0 unspecified atom stereocenters. The molecule has 7 heteroatoms. The number of urea groups is 1. The lowest BCUT2D eigenvalue weighted by molar-refractivity contribution is -0.127. The van der Waals surface area contributed by atoms with Gasteiger partial charge in [0.05, 0.1) is 5.56 Å². The SMILES string of the molecule is CNC(=O)NC(=O)[C@@H](C)OC(=O)c1ccc(COc2ccc(C(C)(C)C)cc2)cc1. The van der Waals surface area contributed by atoms with Crippen molar-refractivity contribution in [3.63, 3.8) is 0 Å². The number of amides is 3. The van der Waals surface area contributed by atoms with Gasteiger partial charge in [0, 0.05) is 7.05 Å². The molecule has 0 saturated carbocycles. The summed E-state index contributed by atoms with van der Waals surface area (Å²) in [5.74, 6) is -0.590. The van der Waals surface area contributed by atoms with Gasteiger partial charge in [0.15, 0.2) is 6.10 Å². The average molecular weight is 412 g/mol. The molecular formula is C23H28N2O5. The van der Waals surface area contributed by atoms with Gasteiger partial charge < -0.3 is 14.8 Å². The Morgan fingerprint density at radius 2 is 1.57 bits per heavy atom. The van der Waals surface area contributed by atoms with Crippen LogP contribution in [0.5, 0.6) is 5.75 Å². The third-order valence-electron chi connectivity index (χ3n) is 4.43. The minimum Gasteiger partial charge on any atom is -0.489 e. The smallest absolute Gasteiger partial charge is 0.338 e. The van der Waals surface area contributed by atoms with E-state index in [4.69, 9.17) is 9.47 Å². The van der Waals surface area contributed by atoms with Crippen LogP contribution in [0.3, 0.4) is 0 Å². The van der Waals surface area contributed by atoms with Gasteiger partial charge in [0.25, 0.3) is 5.91 Å². The Kier molecular flexibility index (Phi) is 7.58. The Bertz CT molecular complexity index is 883. The lowest BCUT2D eigenvalue weighted by atomic mass is 9.87. The molecule has 1 atom stereocenters. The molecule has 0 saturated heterocycles. The van der Waals surface area contributed by atoms with E-state index in [1.54, 1.807) is 24.3 Å². The maximum absolute atomic E-state index is 12.2. The quantitative estimate of drug-likeness (QED) is 0.708. The lowest BCUT2D eigenvalue weighted by Crippen LogP contribution is -2.43. The minimum absolute atomic E-state index is 0.0869. The van der Waals surface area contributed by atoms with Crippen LogP contribution in [0.1, 0.15) is 49.2 Å². The summed E-state index contributed by atoms with van der Waals surface area (Å²) in [6.07, 6.45) is -1.10. The first-order valence-electron chi connectivity index (χ1n) is 9.66. The maximum Gasteiger partial charge on any atom is 0.338 e. The first-order valence-corrected chi connectivity index (χ1v) is 9.66. The molecule has 0 bridgehead atoms. The highest BCUT2D eigenvalue weighted by Crippen LogP contribution is 2.24. The summed E-state index contributed by atoms with van der Waals surface area (Å²) in [6.45, 7) is 8.22. The van der Waals surface area contributed by atoms with Gasteiger partial charge in [-0.15, -0.1) is 0 Å². The highest BCUT2D eigenvalue weighted by Gasteiger charge is 2.20. The zero-order chi connectivity index (χ0) is 22.3. The normalized spacial score (nSPS) is 11.9.